The molecule has 1 saturated heterocycles. The fourth-order valence-electron chi connectivity index (χ4n) is 2.92. The van der Waals surface area contributed by atoms with Gasteiger partial charge in [0.15, 0.2) is 5.17 Å². The number of benzene rings is 2. The third kappa shape index (κ3) is 3.13. The molecule has 0 aliphatic carbocycles. The minimum Gasteiger partial charge on any atom is -0.287 e. The number of carbonyl (C=O) groups is 1. The molecule has 1 aromatic heterocycles. The lowest BCUT2D eigenvalue weighted by Crippen LogP contribution is -2.28. The predicted molar refractivity (Wildman–Crippen MR) is 108 cm³/mol. The van der Waals surface area contributed by atoms with E-state index in [2.05, 4.69) is 28.2 Å². The summed E-state index contributed by atoms with van der Waals surface area (Å²) >= 11 is 1.41. The Labute approximate surface area is 156 Å². The first kappa shape index (κ1) is 16.5. The van der Waals surface area contributed by atoms with Crippen LogP contribution in [0.1, 0.15) is 12.5 Å². The van der Waals surface area contributed by atoms with Crippen LogP contribution in [0.3, 0.4) is 0 Å². The lowest BCUT2D eigenvalue weighted by molar-refractivity contribution is -0.122. The Hall–Kier alpha value is -2.92. The van der Waals surface area contributed by atoms with Crippen LogP contribution < -0.4 is 0 Å². The molecule has 1 fully saturated rings. The zero-order valence-electron chi connectivity index (χ0n) is 14.3. The molecule has 4 nitrogen and oxygen atoms in total. The summed E-state index contributed by atoms with van der Waals surface area (Å²) < 4.78 is 0. The van der Waals surface area contributed by atoms with Crippen molar-refractivity contribution in [3.63, 3.8) is 0 Å². The molecule has 2 aromatic carbocycles. The molecule has 128 valence electrons. The maximum atomic E-state index is 12.8. The Morgan fingerprint density at radius 1 is 1.12 bits per heavy atom. The summed E-state index contributed by atoms with van der Waals surface area (Å²) in [7, 11) is 0. The van der Waals surface area contributed by atoms with Crippen molar-refractivity contribution >= 4 is 45.4 Å². The Morgan fingerprint density at radius 2 is 1.96 bits per heavy atom. The van der Waals surface area contributed by atoms with Gasteiger partial charge in [-0.2, -0.15) is 0 Å². The van der Waals surface area contributed by atoms with Crippen LogP contribution in [0.2, 0.25) is 0 Å². The van der Waals surface area contributed by atoms with E-state index in [1.807, 2.05) is 49.4 Å². The number of carbonyl (C=O) groups excluding carboxylic acids is 1. The molecule has 4 rings (SSSR count). The van der Waals surface area contributed by atoms with Gasteiger partial charge in [-0.3, -0.25) is 14.7 Å². The van der Waals surface area contributed by atoms with Gasteiger partial charge in [0.1, 0.15) is 0 Å². The summed E-state index contributed by atoms with van der Waals surface area (Å²) in [6.45, 7) is 2.54. The number of hydrogen-bond acceptors (Lipinski definition) is 4. The van der Waals surface area contributed by atoms with Gasteiger partial charge >= 0.3 is 0 Å². The van der Waals surface area contributed by atoms with Crippen molar-refractivity contribution in [2.24, 2.45) is 4.99 Å². The first-order valence-corrected chi connectivity index (χ1v) is 9.26. The molecule has 0 radical (unpaired) electrons. The zero-order valence-corrected chi connectivity index (χ0v) is 15.1. The largest absolute Gasteiger partial charge is 0.287 e. The van der Waals surface area contributed by atoms with Gasteiger partial charge in [0, 0.05) is 12.7 Å². The van der Waals surface area contributed by atoms with Crippen LogP contribution in [0.25, 0.3) is 16.8 Å². The van der Waals surface area contributed by atoms with Gasteiger partial charge in [0.2, 0.25) is 0 Å². The highest BCUT2D eigenvalue weighted by Gasteiger charge is 2.32. The van der Waals surface area contributed by atoms with E-state index in [1.165, 1.54) is 11.8 Å². The first-order valence-electron chi connectivity index (χ1n) is 8.44. The monoisotopic (exact) mass is 359 g/mol. The van der Waals surface area contributed by atoms with Crippen molar-refractivity contribution in [3.05, 3.63) is 77.5 Å². The molecule has 0 bridgehead atoms. The highest BCUT2D eigenvalue weighted by atomic mass is 32.2. The van der Waals surface area contributed by atoms with Crippen molar-refractivity contribution in [3.8, 4) is 0 Å². The maximum absolute atomic E-state index is 12.8. The normalized spacial score (nSPS) is 17.6. The minimum atomic E-state index is -0.00641. The van der Waals surface area contributed by atoms with E-state index >= 15 is 0 Å². The zero-order chi connectivity index (χ0) is 17.9. The van der Waals surface area contributed by atoms with E-state index in [0.29, 0.717) is 16.6 Å². The van der Waals surface area contributed by atoms with E-state index < -0.39 is 0 Å². The molecule has 0 atom stereocenters. The second kappa shape index (κ2) is 7.14. The Kier molecular flexibility index (Phi) is 4.54. The number of aromatic nitrogens is 1. The van der Waals surface area contributed by atoms with Crippen LogP contribution >= 0.6 is 11.8 Å². The summed E-state index contributed by atoms with van der Waals surface area (Å²) in [5.41, 5.74) is 1.78. The fraction of sp³-hybridized carbons (Fsp3) is 0.0952. The molecular weight excluding hydrogens is 342 g/mol. The van der Waals surface area contributed by atoms with E-state index in [-0.39, 0.29) is 5.91 Å². The Morgan fingerprint density at radius 3 is 2.77 bits per heavy atom. The molecule has 1 aliphatic rings. The topological polar surface area (TPSA) is 45.6 Å². The van der Waals surface area contributed by atoms with Gasteiger partial charge in [-0.1, -0.05) is 42.5 Å². The van der Waals surface area contributed by atoms with Crippen LogP contribution in [0, 0.1) is 0 Å². The van der Waals surface area contributed by atoms with Crippen LogP contribution in [0.4, 0.5) is 5.69 Å². The van der Waals surface area contributed by atoms with Gasteiger partial charge in [-0.25, -0.2) is 4.99 Å². The Balaban J connectivity index is 1.74. The molecule has 0 unspecified atom stereocenters. The summed E-state index contributed by atoms with van der Waals surface area (Å²) in [5, 5.41) is 2.99. The minimum absolute atomic E-state index is 0.00641. The number of nitrogens with zero attached hydrogens (tertiary/aromatic N) is 3. The van der Waals surface area contributed by atoms with Gasteiger partial charge in [0.25, 0.3) is 5.91 Å². The molecule has 26 heavy (non-hydrogen) atoms. The molecular formula is C21H17N3OS. The highest BCUT2D eigenvalue weighted by molar-refractivity contribution is 8.18. The molecule has 1 amide bonds. The SMILES string of the molecule is CCN1C(=O)/C(=C/c2cccc3ccccc23)SC1=Nc1cccnc1. The summed E-state index contributed by atoms with van der Waals surface area (Å²) in [6, 6.07) is 18.0. The van der Waals surface area contributed by atoms with Crippen LogP contribution in [-0.4, -0.2) is 27.5 Å². The number of likely N-dealkylation sites (N-methyl/N-ethyl adjacent to an activating group) is 1. The van der Waals surface area contributed by atoms with Gasteiger partial charge in [-0.15, -0.1) is 0 Å². The summed E-state index contributed by atoms with van der Waals surface area (Å²) in [5.74, 6) is -0.00641. The maximum Gasteiger partial charge on any atom is 0.266 e. The number of thioether (sulfide) groups is 1. The average molecular weight is 359 g/mol. The molecule has 0 saturated carbocycles. The van der Waals surface area contributed by atoms with E-state index in [4.69, 9.17) is 0 Å². The van der Waals surface area contributed by atoms with E-state index in [0.717, 1.165) is 22.0 Å². The summed E-state index contributed by atoms with van der Waals surface area (Å²) in [4.78, 5) is 23.9. The average Bonchev–Trinajstić information content (AvgIpc) is 2.97. The predicted octanol–water partition coefficient (Wildman–Crippen LogP) is 4.86. The molecule has 0 N–H and O–H groups in total. The number of pyridine rings is 1. The third-order valence-corrected chi connectivity index (χ3v) is 5.19. The quantitative estimate of drug-likeness (QED) is 0.628. The number of hydrogen-bond donors (Lipinski definition) is 0. The second-order valence-electron chi connectivity index (χ2n) is 5.83. The number of fused-ring (bicyclic) bond motifs is 1. The summed E-state index contributed by atoms with van der Waals surface area (Å²) in [6.07, 6.45) is 5.36. The van der Waals surface area contributed by atoms with Crippen molar-refractivity contribution in [2.75, 3.05) is 6.54 Å². The van der Waals surface area contributed by atoms with Crippen molar-refractivity contribution < 1.29 is 4.79 Å². The molecule has 5 heteroatoms. The number of amidine groups is 1. The number of aliphatic imine (C=N–C) groups is 1. The number of rotatable bonds is 3. The van der Waals surface area contributed by atoms with E-state index in [9.17, 15) is 4.79 Å². The standard InChI is InChI=1S/C21H17N3OS/c1-2-24-20(25)19(26-21(24)23-17-10-6-12-22-14-17)13-16-9-5-8-15-7-3-4-11-18(15)16/h3-14H,2H2,1H3/b19-13-,23-21?. The molecule has 1 aliphatic heterocycles. The van der Waals surface area contributed by atoms with Crippen LogP contribution in [0.5, 0.6) is 0 Å². The molecule has 3 aromatic rings. The van der Waals surface area contributed by atoms with E-state index in [1.54, 1.807) is 17.3 Å². The Bertz CT molecular complexity index is 1020. The fourth-order valence-corrected chi connectivity index (χ4v) is 3.97. The highest BCUT2D eigenvalue weighted by Crippen LogP contribution is 2.34. The van der Waals surface area contributed by atoms with Crippen molar-refractivity contribution in [1.29, 1.82) is 0 Å². The lowest BCUT2D eigenvalue weighted by Gasteiger charge is -2.11. The van der Waals surface area contributed by atoms with Gasteiger partial charge in [0.05, 0.1) is 16.8 Å². The lowest BCUT2D eigenvalue weighted by atomic mass is 10.0. The first-order chi connectivity index (χ1) is 12.8. The van der Waals surface area contributed by atoms with Crippen molar-refractivity contribution in [1.82, 2.24) is 9.88 Å². The molecule has 0 spiro atoms. The van der Waals surface area contributed by atoms with Gasteiger partial charge in [-0.05, 0) is 53.2 Å². The molecule has 2 heterocycles. The van der Waals surface area contributed by atoms with Crippen LogP contribution in [-0.2, 0) is 4.79 Å². The van der Waals surface area contributed by atoms with Crippen LogP contribution in [0.15, 0.2) is 76.9 Å². The van der Waals surface area contributed by atoms with Gasteiger partial charge < -0.3 is 0 Å². The van der Waals surface area contributed by atoms with Crippen molar-refractivity contribution in [2.45, 2.75) is 6.92 Å². The smallest absolute Gasteiger partial charge is 0.266 e. The number of amides is 1. The third-order valence-electron chi connectivity index (χ3n) is 4.18. The second-order valence-corrected chi connectivity index (χ2v) is 6.84.